The van der Waals surface area contributed by atoms with Crippen molar-refractivity contribution in [3.8, 4) is 5.75 Å². The number of hydrogen-bond donors (Lipinski definition) is 1. The second-order valence-electron chi connectivity index (χ2n) is 4.81. The lowest BCUT2D eigenvalue weighted by molar-refractivity contribution is 0.0688. The van der Waals surface area contributed by atoms with Crippen molar-refractivity contribution in [1.29, 1.82) is 0 Å². The van der Waals surface area contributed by atoms with E-state index < -0.39 is 5.97 Å². The van der Waals surface area contributed by atoms with Gasteiger partial charge in [-0.15, -0.1) is 5.10 Å². The number of rotatable bonds is 6. The fourth-order valence-corrected chi connectivity index (χ4v) is 2.12. The number of carboxylic acid groups (broad SMARTS) is 1. The highest BCUT2D eigenvalue weighted by Crippen LogP contribution is 2.18. The molecule has 2 rings (SSSR count). The molecule has 6 nitrogen and oxygen atoms in total. The highest BCUT2D eigenvalue weighted by Gasteiger charge is 2.21. The van der Waals surface area contributed by atoms with Crippen LogP contribution in [-0.2, 0) is 6.54 Å². The predicted octanol–water partition coefficient (Wildman–Crippen LogP) is 2.83. The molecule has 0 spiro atoms. The van der Waals surface area contributed by atoms with Crippen molar-refractivity contribution in [1.82, 2.24) is 15.0 Å². The van der Waals surface area contributed by atoms with Crippen LogP contribution >= 0.6 is 11.6 Å². The van der Waals surface area contributed by atoms with Gasteiger partial charge in [-0.3, -0.25) is 0 Å². The minimum atomic E-state index is -1.07. The molecule has 0 unspecified atom stereocenters. The first-order valence-corrected chi connectivity index (χ1v) is 6.92. The van der Waals surface area contributed by atoms with Crippen LogP contribution in [0.2, 0.25) is 5.02 Å². The Morgan fingerprint density at radius 2 is 2.05 bits per heavy atom. The molecule has 1 N–H and O–H groups in total. The summed E-state index contributed by atoms with van der Waals surface area (Å²) in [6.07, 6.45) is 0. The molecule has 0 saturated heterocycles. The molecule has 0 fully saturated rings. The molecule has 0 aliphatic heterocycles. The van der Waals surface area contributed by atoms with Crippen molar-refractivity contribution < 1.29 is 14.6 Å². The van der Waals surface area contributed by atoms with Gasteiger partial charge in [0.05, 0.1) is 12.2 Å². The molecule has 0 aliphatic rings. The van der Waals surface area contributed by atoms with E-state index in [1.54, 1.807) is 28.9 Å². The molecule has 1 aromatic heterocycles. The Labute approximate surface area is 127 Å². The van der Waals surface area contributed by atoms with Crippen LogP contribution in [0.5, 0.6) is 5.75 Å². The van der Waals surface area contributed by atoms with Gasteiger partial charge in [-0.1, -0.05) is 30.7 Å². The largest absolute Gasteiger partial charge is 0.492 e. The molecular formula is C14H16ClN3O3. The van der Waals surface area contributed by atoms with Crippen LogP contribution < -0.4 is 4.74 Å². The van der Waals surface area contributed by atoms with E-state index in [-0.39, 0.29) is 11.6 Å². The second kappa shape index (κ2) is 6.58. The predicted molar refractivity (Wildman–Crippen MR) is 78.0 cm³/mol. The summed E-state index contributed by atoms with van der Waals surface area (Å²) in [5, 5.41) is 17.3. The van der Waals surface area contributed by atoms with Crippen LogP contribution in [0.25, 0.3) is 0 Å². The maximum absolute atomic E-state index is 11.1. The fourth-order valence-electron chi connectivity index (χ4n) is 1.99. The number of carboxylic acids is 1. The molecule has 0 aliphatic carbocycles. The topological polar surface area (TPSA) is 77.2 Å². The number of hydrogen-bond acceptors (Lipinski definition) is 4. The van der Waals surface area contributed by atoms with Crippen LogP contribution in [-0.4, -0.2) is 32.7 Å². The molecule has 0 atom stereocenters. The minimum Gasteiger partial charge on any atom is -0.492 e. The van der Waals surface area contributed by atoms with E-state index in [4.69, 9.17) is 21.4 Å². The number of aromatic carboxylic acids is 1. The van der Waals surface area contributed by atoms with Gasteiger partial charge in [0.1, 0.15) is 12.4 Å². The first kappa shape index (κ1) is 15.3. The van der Waals surface area contributed by atoms with Gasteiger partial charge in [0.25, 0.3) is 0 Å². The van der Waals surface area contributed by atoms with Gasteiger partial charge in [-0.25, -0.2) is 9.48 Å². The first-order chi connectivity index (χ1) is 9.99. The van der Waals surface area contributed by atoms with Crippen molar-refractivity contribution in [2.75, 3.05) is 6.61 Å². The SMILES string of the molecule is CC(C)c1c(C(=O)O)nnn1CCOc1ccc(Cl)cc1. The Morgan fingerprint density at radius 3 is 2.62 bits per heavy atom. The molecule has 21 heavy (non-hydrogen) atoms. The lowest BCUT2D eigenvalue weighted by atomic mass is 10.1. The molecule has 2 aromatic rings. The number of aromatic nitrogens is 3. The van der Waals surface area contributed by atoms with Crippen molar-refractivity contribution in [2.24, 2.45) is 0 Å². The summed E-state index contributed by atoms with van der Waals surface area (Å²) in [5.41, 5.74) is 0.596. The number of benzene rings is 1. The average molecular weight is 310 g/mol. The molecule has 0 bridgehead atoms. The molecule has 7 heteroatoms. The summed E-state index contributed by atoms with van der Waals surface area (Å²) < 4.78 is 7.15. The second-order valence-corrected chi connectivity index (χ2v) is 5.25. The smallest absolute Gasteiger partial charge is 0.358 e. The number of nitrogens with zero attached hydrogens (tertiary/aromatic N) is 3. The van der Waals surface area contributed by atoms with E-state index >= 15 is 0 Å². The minimum absolute atomic E-state index is 0.00325. The molecule has 1 aromatic carbocycles. The maximum atomic E-state index is 11.1. The summed E-state index contributed by atoms with van der Waals surface area (Å²) in [5.74, 6) is -0.353. The summed E-state index contributed by atoms with van der Waals surface area (Å²) in [6, 6.07) is 7.04. The third-order valence-corrected chi connectivity index (χ3v) is 3.16. The molecule has 112 valence electrons. The van der Waals surface area contributed by atoms with Crippen molar-refractivity contribution >= 4 is 17.6 Å². The Kier molecular flexibility index (Phi) is 4.80. The molecule has 1 heterocycles. The van der Waals surface area contributed by atoms with Gasteiger partial charge in [0, 0.05) is 5.02 Å². The lowest BCUT2D eigenvalue weighted by Gasteiger charge is -2.11. The molecule has 0 radical (unpaired) electrons. The van der Waals surface area contributed by atoms with E-state index in [1.165, 1.54) is 0 Å². The fraction of sp³-hybridized carbons (Fsp3) is 0.357. The first-order valence-electron chi connectivity index (χ1n) is 6.54. The highest BCUT2D eigenvalue weighted by molar-refractivity contribution is 6.30. The van der Waals surface area contributed by atoms with Gasteiger partial charge in [-0.05, 0) is 30.2 Å². The number of ether oxygens (including phenoxy) is 1. The Hall–Kier alpha value is -2.08. The van der Waals surface area contributed by atoms with Gasteiger partial charge < -0.3 is 9.84 Å². The molecule has 0 amide bonds. The van der Waals surface area contributed by atoms with Crippen LogP contribution in [0.1, 0.15) is 35.9 Å². The zero-order chi connectivity index (χ0) is 15.4. The summed E-state index contributed by atoms with van der Waals surface area (Å²) >= 11 is 5.80. The van der Waals surface area contributed by atoms with Gasteiger partial charge >= 0.3 is 5.97 Å². The van der Waals surface area contributed by atoms with Crippen LogP contribution in [0, 0.1) is 0 Å². The van der Waals surface area contributed by atoms with Gasteiger partial charge in [0.15, 0.2) is 5.69 Å². The standard InChI is InChI=1S/C14H16ClN3O3/c1-9(2)13-12(14(19)20)16-17-18(13)7-8-21-11-5-3-10(15)4-6-11/h3-6,9H,7-8H2,1-2H3,(H,19,20). The van der Waals surface area contributed by atoms with Crippen LogP contribution in [0.15, 0.2) is 24.3 Å². The van der Waals surface area contributed by atoms with E-state index in [0.717, 1.165) is 0 Å². The zero-order valence-corrected chi connectivity index (χ0v) is 12.5. The summed E-state index contributed by atoms with van der Waals surface area (Å²) in [4.78, 5) is 11.1. The maximum Gasteiger partial charge on any atom is 0.358 e. The Bertz CT molecular complexity index is 623. The summed E-state index contributed by atoms with van der Waals surface area (Å²) in [7, 11) is 0. The van der Waals surface area contributed by atoms with Crippen LogP contribution in [0.3, 0.4) is 0 Å². The zero-order valence-electron chi connectivity index (χ0n) is 11.8. The van der Waals surface area contributed by atoms with E-state index in [2.05, 4.69) is 10.3 Å². The van der Waals surface area contributed by atoms with Gasteiger partial charge in [-0.2, -0.15) is 0 Å². The average Bonchev–Trinajstić information content (AvgIpc) is 2.85. The quantitative estimate of drug-likeness (QED) is 0.887. The van der Waals surface area contributed by atoms with E-state index in [1.807, 2.05) is 13.8 Å². The third-order valence-electron chi connectivity index (χ3n) is 2.91. The van der Waals surface area contributed by atoms with Crippen molar-refractivity contribution in [2.45, 2.75) is 26.3 Å². The number of carbonyl (C=O) groups is 1. The Balaban J connectivity index is 2.03. The Morgan fingerprint density at radius 1 is 1.38 bits per heavy atom. The normalized spacial score (nSPS) is 10.9. The van der Waals surface area contributed by atoms with Gasteiger partial charge in [0.2, 0.25) is 0 Å². The van der Waals surface area contributed by atoms with Crippen molar-refractivity contribution in [3.63, 3.8) is 0 Å². The number of halogens is 1. The molecule has 0 saturated carbocycles. The summed E-state index contributed by atoms with van der Waals surface area (Å²) in [6.45, 7) is 4.60. The van der Waals surface area contributed by atoms with E-state index in [9.17, 15) is 4.79 Å². The van der Waals surface area contributed by atoms with Crippen LogP contribution in [0.4, 0.5) is 0 Å². The van der Waals surface area contributed by atoms with E-state index in [0.29, 0.717) is 29.6 Å². The third kappa shape index (κ3) is 3.72. The molecular weight excluding hydrogens is 294 g/mol. The highest BCUT2D eigenvalue weighted by atomic mass is 35.5. The van der Waals surface area contributed by atoms with Crippen molar-refractivity contribution in [3.05, 3.63) is 40.7 Å². The monoisotopic (exact) mass is 309 g/mol. The lowest BCUT2D eigenvalue weighted by Crippen LogP contribution is -2.14.